The normalized spacial score (nSPS) is 11.6. The highest BCUT2D eigenvalue weighted by molar-refractivity contribution is 7.18. The molecule has 6 nitrogen and oxygen atoms in total. The van der Waals surface area contributed by atoms with E-state index in [0.717, 1.165) is 43.8 Å². The van der Waals surface area contributed by atoms with Crippen LogP contribution in [0.1, 0.15) is 5.56 Å². The third-order valence-corrected chi connectivity index (χ3v) is 7.09. The summed E-state index contributed by atoms with van der Waals surface area (Å²) >= 11 is 7.23. The lowest BCUT2D eigenvalue weighted by Crippen LogP contribution is -2.31. The van der Waals surface area contributed by atoms with Crippen LogP contribution in [0.25, 0.3) is 32.3 Å². The second-order valence-corrected chi connectivity index (χ2v) is 9.33. The van der Waals surface area contributed by atoms with Crippen LogP contribution in [0.2, 0.25) is 5.02 Å². The number of carbonyl (C=O) groups is 1. The van der Waals surface area contributed by atoms with Crippen molar-refractivity contribution in [2.24, 2.45) is 5.73 Å². The van der Waals surface area contributed by atoms with E-state index in [4.69, 9.17) is 23.1 Å². The molecule has 0 aliphatic rings. The zero-order valence-electron chi connectivity index (χ0n) is 18.8. The fraction of sp³-hybridized carbons (Fsp3) is 0.0385. The Kier molecular flexibility index (Phi) is 6.22. The van der Waals surface area contributed by atoms with Crippen molar-refractivity contribution in [2.45, 2.75) is 6.18 Å². The van der Waals surface area contributed by atoms with Gasteiger partial charge in [0.25, 0.3) is 0 Å². The summed E-state index contributed by atoms with van der Waals surface area (Å²) < 4.78 is 41.2. The van der Waals surface area contributed by atoms with E-state index in [1.807, 2.05) is 23.6 Å². The highest BCUT2D eigenvalue weighted by Crippen LogP contribution is 2.43. The molecule has 0 unspecified atom stereocenters. The Bertz CT molecular complexity index is 1640. The van der Waals surface area contributed by atoms with Gasteiger partial charge in [-0.05, 0) is 47.3 Å². The first-order valence-corrected chi connectivity index (χ1v) is 12.0. The van der Waals surface area contributed by atoms with Gasteiger partial charge >= 0.3 is 12.2 Å². The molecule has 0 spiro atoms. The van der Waals surface area contributed by atoms with Crippen LogP contribution in [-0.4, -0.2) is 16.0 Å². The Morgan fingerprint density at radius 3 is 2.43 bits per heavy atom. The number of carbonyl (C=O) groups excluding carboxylic acids is 1. The fourth-order valence-corrected chi connectivity index (χ4v) is 5.44. The van der Waals surface area contributed by atoms with Gasteiger partial charge in [-0.15, -0.1) is 11.3 Å². The zero-order valence-corrected chi connectivity index (χ0v) is 20.4. The summed E-state index contributed by atoms with van der Waals surface area (Å²) in [4.78, 5) is 21.9. The molecular formula is C26H17ClF3N5OS. The maximum atomic E-state index is 13.4. The van der Waals surface area contributed by atoms with E-state index >= 15 is 0 Å². The molecule has 5 aromatic rings. The van der Waals surface area contributed by atoms with E-state index in [0.29, 0.717) is 11.4 Å². The summed E-state index contributed by atoms with van der Waals surface area (Å²) in [5.41, 5.74) is 14.2. The third-order valence-electron chi connectivity index (χ3n) is 5.75. The zero-order chi connectivity index (χ0) is 26.3. The molecule has 0 aliphatic heterocycles. The topological polar surface area (TPSA) is 98.1 Å². The molecule has 2 aromatic carbocycles. The van der Waals surface area contributed by atoms with Crippen molar-refractivity contribution in [3.05, 3.63) is 89.2 Å². The quantitative estimate of drug-likeness (QED) is 0.247. The number of anilines is 3. The van der Waals surface area contributed by atoms with Crippen molar-refractivity contribution in [1.82, 2.24) is 9.97 Å². The van der Waals surface area contributed by atoms with Gasteiger partial charge in [0.2, 0.25) is 0 Å². The molecular weight excluding hydrogens is 523 g/mol. The maximum Gasteiger partial charge on any atom is 0.417 e. The van der Waals surface area contributed by atoms with Crippen molar-refractivity contribution < 1.29 is 18.0 Å². The number of thiophene rings is 1. The molecule has 0 saturated heterocycles. The summed E-state index contributed by atoms with van der Waals surface area (Å²) in [6.45, 7) is 0. The Morgan fingerprint density at radius 1 is 0.973 bits per heavy atom. The molecule has 0 aliphatic carbocycles. The molecule has 37 heavy (non-hydrogen) atoms. The SMILES string of the molecule is NC(=O)N(c1cccc(-c2csc3c(-c4cccnc4)cnc(N)c23)c1)c1ccc(Cl)c(C(F)(F)F)c1. The monoisotopic (exact) mass is 539 g/mol. The average molecular weight is 540 g/mol. The summed E-state index contributed by atoms with van der Waals surface area (Å²) in [5.74, 6) is 0.323. The Hall–Kier alpha value is -4.15. The predicted octanol–water partition coefficient (Wildman–Crippen LogP) is 7.50. The molecule has 0 saturated carbocycles. The van der Waals surface area contributed by atoms with E-state index < -0.39 is 22.8 Å². The van der Waals surface area contributed by atoms with Gasteiger partial charge in [-0.2, -0.15) is 13.2 Å². The van der Waals surface area contributed by atoms with E-state index in [9.17, 15) is 18.0 Å². The smallest absolute Gasteiger partial charge is 0.383 e. The van der Waals surface area contributed by atoms with Gasteiger partial charge in [-0.3, -0.25) is 9.88 Å². The number of primary amides is 1. The Morgan fingerprint density at radius 2 is 1.73 bits per heavy atom. The van der Waals surface area contributed by atoms with Crippen LogP contribution in [0.5, 0.6) is 0 Å². The highest BCUT2D eigenvalue weighted by atomic mass is 35.5. The second-order valence-electron chi connectivity index (χ2n) is 8.04. The molecule has 186 valence electrons. The van der Waals surface area contributed by atoms with Crippen LogP contribution < -0.4 is 16.4 Å². The van der Waals surface area contributed by atoms with Crippen LogP contribution in [0.3, 0.4) is 0 Å². The summed E-state index contributed by atoms with van der Waals surface area (Å²) in [5, 5.41) is 2.16. The van der Waals surface area contributed by atoms with Crippen molar-refractivity contribution in [3.63, 3.8) is 0 Å². The van der Waals surface area contributed by atoms with Crippen LogP contribution >= 0.6 is 22.9 Å². The largest absolute Gasteiger partial charge is 0.417 e. The number of nitrogen functional groups attached to an aromatic ring is 1. The van der Waals surface area contributed by atoms with Gasteiger partial charge in [0, 0.05) is 45.4 Å². The highest BCUT2D eigenvalue weighted by Gasteiger charge is 2.34. The first-order valence-electron chi connectivity index (χ1n) is 10.8. The fourth-order valence-electron chi connectivity index (χ4n) is 4.09. The van der Waals surface area contributed by atoms with E-state index in [1.54, 1.807) is 36.8 Å². The lowest BCUT2D eigenvalue weighted by atomic mass is 10.0. The minimum Gasteiger partial charge on any atom is -0.383 e. The molecule has 3 heterocycles. The lowest BCUT2D eigenvalue weighted by Gasteiger charge is -2.23. The average Bonchev–Trinajstić information content (AvgIpc) is 3.31. The molecule has 0 radical (unpaired) electrons. The van der Waals surface area contributed by atoms with Gasteiger partial charge in [-0.1, -0.05) is 29.8 Å². The van der Waals surface area contributed by atoms with E-state index in [-0.39, 0.29) is 11.4 Å². The number of nitrogens with two attached hydrogens (primary N) is 2. The molecule has 3 aromatic heterocycles. The van der Waals surface area contributed by atoms with Crippen LogP contribution in [0, 0.1) is 0 Å². The van der Waals surface area contributed by atoms with Crippen molar-refractivity contribution in [2.75, 3.05) is 10.6 Å². The number of hydrogen-bond donors (Lipinski definition) is 2. The first kappa shape index (κ1) is 24.5. The van der Waals surface area contributed by atoms with Crippen molar-refractivity contribution >= 4 is 56.2 Å². The molecule has 0 fully saturated rings. The lowest BCUT2D eigenvalue weighted by molar-refractivity contribution is -0.137. The van der Waals surface area contributed by atoms with Gasteiger partial charge < -0.3 is 11.5 Å². The number of fused-ring (bicyclic) bond motifs is 1. The molecule has 0 atom stereocenters. The first-order chi connectivity index (χ1) is 17.6. The Balaban J connectivity index is 1.63. The molecule has 0 bridgehead atoms. The summed E-state index contributed by atoms with van der Waals surface area (Å²) in [6.07, 6.45) is 0.404. The van der Waals surface area contributed by atoms with Crippen LogP contribution in [0.15, 0.2) is 78.6 Å². The molecule has 4 N–H and O–H groups in total. The van der Waals surface area contributed by atoms with Gasteiger partial charge in [0.05, 0.1) is 22.0 Å². The number of pyridine rings is 2. The van der Waals surface area contributed by atoms with Crippen molar-refractivity contribution in [3.8, 4) is 22.3 Å². The summed E-state index contributed by atoms with van der Waals surface area (Å²) in [7, 11) is 0. The number of rotatable bonds is 4. The number of alkyl halides is 3. The minimum absolute atomic E-state index is 0.0726. The Labute approximate surface area is 217 Å². The summed E-state index contributed by atoms with van der Waals surface area (Å²) in [6, 6.07) is 12.7. The van der Waals surface area contributed by atoms with Crippen LogP contribution in [-0.2, 0) is 6.18 Å². The predicted molar refractivity (Wildman–Crippen MR) is 141 cm³/mol. The van der Waals surface area contributed by atoms with Gasteiger partial charge in [0.1, 0.15) is 5.82 Å². The molecule has 11 heteroatoms. The number of aromatic nitrogens is 2. The van der Waals surface area contributed by atoms with Gasteiger partial charge in [-0.25, -0.2) is 9.78 Å². The van der Waals surface area contributed by atoms with Gasteiger partial charge in [0.15, 0.2) is 0 Å². The number of halogens is 4. The number of amides is 2. The number of urea groups is 1. The third kappa shape index (κ3) is 4.56. The van der Waals surface area contributed by atoms with E-state index in [1.165, 1.54) is 17.4 Å². The molecule has 5 rings (SSSR count). The second kappa shape index (κ2) is 9.38. The maximum absolute atomic E-state index is 13.4. The number of benzene rings is 2. The number of nitrogens with zero attached hydrogens (tertiary/aromatic N) is 3. The number of hydrogen-bond acceptors (Lipinski definition) is 5. The van der Waals surface area contributed by atoms with E-state index in [2.05, 4.69) is 9.97 Å². The van der Waals surface area contributed by atoms with Crippen LogP contribution in [0.4, 0.5) is 35.2 Å². The minimum atomic E-state index is -4.70. The molecule has 2 amide bonds. The standard InChI is InChI=1S/C26H17ClF3N5OS/c27-21-7-6-17(10-20(21)26(28,29)30)35(25(32)36)16-5-1-3-14(9-16)19-13-37-23-18(12-34-24(31)22(19)23)15-4-2-8-33-11-15/h1-13H,(H2,31,34)(H2,32,36). The van der Waals surface area contributed by atoms with Crippen molar-refractivity contribution in [1.29, 1.82) is 0 Å².